The Morgan fingerprint density at radius 2 is 1.58 bits per heavy atom. The first kappa shape index (κ1) is 14.2. The lowest BCUT2D eigenvalue weighted by Gasteiger charge is -2.47. The van der Waals surface area contributed by atoms with Crippen LogP contribution in [0.15, 0.2) is 0 Å². The lowest BCUT2D eigenvalue weighted by Crippen LogP contribution is -2.46. The average molecular weight is 286 g/mol. The molecule has 1 heterocycles. The molecule has 0 radical (unpaired) electrons. The maximum absolute atomic E-state index is 5.50. The number of hydrogen-bond donors (Lipinski definition) is 0. The minimum Gasteiger partial charge on any atom is -0.379 e. The fourth-order valence-corrected chi connectivity index (χ4v) is 5.74. The van der Waals surface area contributed by atoms with Crippen molar-refractivity contribution >= 4 is 12.4 Å². The van der Waals surface area contributed by atoms with Crippen molar-refractivity contribution in [2.45, 2.75) is 44.9 Å². The van der Waals surface area contributed by atoms with Crippen molar-refractivity contribution in [2.24, 2.45) is 23.2 Å². The molecule has 0 amide bonds. The molecule has 0 aromatic carbocycles. The Labute approximate surface area is 123 Å². The zero-order valence-corrected chi connectivity index (χ0v) is 12.8. The van der Waals surface area contributed by atoms with Crippen molar-refractivity contribution in [3.63, 3.8) is 0 Å². The van der Waals surface area contributed by atoms with E-state index in [4.69, 9.17) is 4.74 Å². The fourth-order valence-electron chi connectivity index (χ4n) is 5.74. The molecule has 5 fully saturated rings. The van der Waals surface area contributed by atoms with E-state index in [9.17, 15) is 0 Å². The van der Waals surface area contributed by atoms with Gasteiger partial charge in [-0.25, -0.2) is 0 Å². The minimum atomic E-state index is 0. The van der Waals surface area contributed by atoms with E-state index in [0.29, 0.717) is 5.41 Å². The summed E-state index contributed by atoms with van der Waals surface area (Å²) in [4.78, 5) is 2.70. The molecule has 2 nitrogen and oxygen atoms in total. The van der Waals surface area contributed by atoms with Crippen LogP contribution >= 0.6 is 12.4 Å². The molecule has 0 aromatic heterocycles. The van der Waals surface area contributed by atoms with Crippen molar-refractivity contribution in [3.05, 3.63) is 0 Å². The Balaban J connectivity index is 0.00000110. The van der Waals surface area contributed by atoms with Crippen LogP contribution in [0.25, 0.3) is 0 Å². The molecule has 1 aliphatic heterocycles. The maximum Gasteiger partial charge on any atom is 0.0594 e. The molecule has 0 N–H and O–H groups in total. The van der Waals surface area contributed by atoms with Gasteiger partial charge in [0, 0.05) is 19.6 Å². The van der Waals surface area contributed by atoms with E-state index >= 15 is 0 Å². The van der Waals surface area contributed by atoms with E-state index in [1.54, 1.807) is 32.1 Å². The van der Waals surface area contributed by atoms with Crippen molar-refractivity contribution in [3.8, 4) is 0 Å². The van der Waals surface area contributed by atoms with Crippen LogP contribution in [0.2, 0.25) is 0 Å². The number of nitrogens with zero attached hydrogens (tertiary/aromatic N) is 1. The van der Waals surface area contributed by atoms with Crippen LogP contribution in [0, 0.1) is 23.2 Å². The topological polar surface area (TPSA) is 12.5 Å². The van der Waals surface area contributed by atoms with Gasteiger partial charge in [0.15, 0.2) is 0 Å². The number of hydrogen-bond acceptors (Lipinski definition) is 2. The highest BCUT2D eigenvalue weighted by Crippen LogP contribution is 2.57. The van der Waals surface area contributed by atoms with Gasteiger partial charge in [-0.3, -0.25) is 4.90 Å². The molecule has 0 spiro atoms. The molecular formula is C16H28ClNO. The Bertz CT molecular complexity index is 302. The zero-order chi connectivity index (χ0) is 12.0. The quantitative estimate of drug-likeness (QED) is 0.771. The first-order chi connectivity index (χ1) is 8.81. The largest absolute Gasteiger partial charge is 0.379 e. The van der Waals surface area contributed by atoms with Crippen LogP contribution in [0.3, 0.4) is 0 Å². The smallest absolute Gasteiger partial charge is 0.0594 e. The second-order valence-electron chi connectivity index (χ2n) is 7.64. The highest BCUT2D eigenvalue weighted by Gasteiger charge is 2.47. The summed E-state index contributed by atoms with van der Waals surface area (Å²) in [7, 11) is 0. The van der Waals surface area contributed by atoms with E-state index < -0.39 is 0 Å². The Hall–Kier alpha value is 0.210. The van der Waals surface area contributed by atoms with Gasteiger partial charge in [-0.05, 0) is 68.1 Å². The van der Waals surface area contributed by atoms with E-state index in [1.165, 1.54) is 32.5 Å². The Morgan fingerprint density at radius 1 is 0.947 bits per heavy atom. The molecule has 2 atom stereocenters. The molecule has 2 unspecified atom stereocenters. The predicted octanol–water partition coefficient (Wildman–Crippen LogP) is 3.35. The normalized spacial score (nSPS) is 45.8. The van der Waals surface area contributed by atoms with Crippen molar-refractivity contribution in [1.82, 2.24) is 4.90 Å². The molecule has 1 saturated heterocycles. The second-order valence-corrected chi connectivity index (χ2v) is 7.64. The number of rotatable bonds is 2. The van der Waals surface area contributed by atoms with Gasteiger partial charge in [0.2, 0.25) is 0 Å². The van der Waals surface area contributed by atoms with Crippen LogP contribution in [-0.2, 0) is 4.74 Å². The summed E-state index contributed by atoms with van der Waals surface area (Å²) in [5.41, 5.74) is 0.705. The first-order valence-corrected chi connectivity index (χ1v) is 8.11. The van der Waals surface area contributed by atoms with Gasteiger partial charge in [-0.15, -0.1) is 12.4 Å². The summed E-state index contributed by atoms with van der Waals surface area (Å²) in [6, 6.07) is 0. The summed E-state index contributed by atoms with van der Waals surface area (Å²) < 4.78 is 5.50. The van der Waals surface area contributed by atoms with Gasteiger partial charge in [0.25, 0.3) is 0 Å². The summed E-state index contributed by atoms with van der Waals surface area (Å²) in [6.45, 7) is 5.67. The van der Waals surface area contributed by atoms with E-state index in [0.717, 1.165) is 31.0 Å². The maximum atomic E-state index is 5.50. The average Bonchev–Trinajstić information content (AvgIpc) is 2.55. The van der Waals surface area contributed by atoms with Crippen LogP contribution in [0.5, 0.6) is 0 Å². The Morgan fingerprint density at radius 3 is 2.26 bits per heavy atom. The number of morpholine rings is 1. The predicted molar refractivity (Wildman–Crippen MR) is 79.7 cm³/mol. The van der Waals surface area contributed by atoms with Crippen LogP contribution in [0.1, 0.15) is 44.9 Å². The van der Waals surface area contributed by atoms with Gasteiger partial charge in [-0.2, -0.15) is 0 Å². The van der Waals surface area contributed by atoms with Gasteiger partial charge < -0.3 is 4.74 Å². The molecule has 5 aliphatic rings. The highest BCUT2D eigenvalue weighted by atomic mass is 35.5. The summed E-state index contributed by atoms with van der Waals surface area (Å²) >= 11 is 0. The number of ether oxygens (including phenoxy) is 1. The monoisotopic (exact) mass is 285 g/mol. The minimum absolute atomic E-state index is 0. The molecule has 3 heteroatoms. The molecule has 4 bridgehead atoms. The van der Waals surface area contributed by atoms with Crippen LogP contribution < -0.4 is 0 Å². The third-order valence-corrected chi connectivity index (χ3v) is 6.19. The fraction of sp³-hybridized carbons (Fsp3) is 1.00. The van der Waals surface area contributed by atoms with Gasteiger partial charge in [0.1, 0.15) is 0 Å². The molecule has 0 aromatic rings. The first-order valence-electron chi connectivity index (χ1n) is 8.11. The molecular weight excluding hydrogens is 258 g/mol. The summed E-state index contributed by atoms with van der Waals surface area (Å²) in [5.74, 6) is 3.28. The molecule has 4 aliphatic carbocycles. The lowest BCUT2D eigenvalue weighted by atomic mass is 9.61. The standard InChI is InChI=1S/C16H27NO.ClH/c1-2-16(12-17-3-5-18-6-4-17)10-14-7-13(1)8-15(9-14)11-16;/h13-15H,1-12H2;1H. The third kappa shape index (κ3) is 2.82. The van der Waals surface area contributed by atoms with E-state index in [2.05, 4.69) is 4.90 Å². The molecule has 4 saturated carbocycles. The molecule has 110 valence electrons. The molecule has 19 heavy (non-hydrogen) atoms. The van der Waals surface area contributed by atoms with Crippen molar-refractivity contribution < 1.29 is 4.74 Å². The summed E-state index contributed by atoms with van der Waals surface area (Å²) in [5, 5.41) is 0. The molecule has 5 rings (SSSR count). The van der Waals surface area contributed by atoms with Gasteiger partial charge in [-0.1, -0.05) is 0 Å². The van der Waals surface area contributed by atoms with E-state index in [-0.39, 0.29) is 12.4 Å². The van der Waals surface area contributed by atoms with Crippen LogP contribution in [0.4, 0.5) is 0 Å². The lowest BCUT2D eigenvalue weighted by molar-refractivity contribution is -0.0119. The van der Waals surface area contributed by atoms with Crippen LogP contribution in [-0.4, -0.2) is 37.7 Å². The van der Waals surface area contributed by atoms with Gasteiger partial charge in [0.05, 0.1) is 13.2 Å². The third-order valence-electron chi connectivity index (χ3n) is 6.19. The van der Waals surface area contributed by atoms with E-state index in [1.807, 2.05) is 0 Å². The number of fused-ring (bicyclic) bond motifs is 1. The van der Waals surface area contributed by atoms with Crippen molar-refractivity contribution in [2.75, 3.05) is 32.8 Å². The van der Waals surface area contributed by atoms with Crippen molar-refractivity contribution in [1.29, 1.82) is 0 Å². The zero-order valence-electron chi connectivity index (χ0n) is 12.0. The SMILES string of the molecule is C1CN(CC23CCC4CC(CC(C4)C2)C3)CCO1.Cl. The highest BCUT2D eigenvalue weighted by molar-refractivity contribution is 5.85. The second kappa shape index (κ2) is 5.54. The summed E-state index contributed by atoms with van der Waals surface area (Å²) in [6.07, 6.45) is 10.9. The van der Waals surface area contributed by atoms with Gasteiger partial charge >= 0.3 is 0 Å². The number of halogens is 1. The Kier molecular flexibility index (Phi) is 4.13.